The summed E-state index contributed by atoms with van der Waals surface area (Å²) in [4.78, 5) is 25.4. The van der Waals surface area contributed by atoms with Gasteiger partial charge >= 0.3 is 0 Å². The van der Waals surface area contributed by atoms with Gasteiger partial charge in [0.05, 0.1) is 13.2 Å². The molecule has 0 atom stereocenters. The maximum Gasteiger partial charge on any atom is 0.257 e. The molecular weight excluding hydrogens is 248 g/mol. The maximum absolute atomic E-state index is 11.9. The van der Waals surface area contributed by atoms with Gasteiger partial charge in [-0.3, -0.25) is 14.3 Å². The van der Waals surface area contributed by atoms with Crippen molar-refractivity contribution in [3.8, 4) is 0 Å². The molecule has 2 aromatic rings. The molecule has 0 aromatic carbocycles. The topological polar surface area (TPSA) is 89.0 Å². The minimum absolute atomic E-state index is 0.287. The first-order chi connectivity index (χ1) is 9.19. The second-order valence-electron chi connectivity index (χ2n) is 3.85. The number of aromatic nitrogens is 3. The third-order valence-corrected chi connectivity index (χ3v) is 2.44. The molecule has 0 bridgehead atoms. The fourth-order valence-electron chi connectivity index (χ4n) is 1.51. The lowest BCUT2D eigenvalue weighted by atomic mass is 10.2. The number of nitrogens with one attached hydrogen (secondary N) is 2. The molecule has 19 heavy (non-hydrogen) atoms. The molecular formula is C12H14N4O3. The summed E-state index contributed by atoms with van der Waals surface area (Å²) in [6.45, 7) is 1.15. The van der Waals surface area contributed by atoms with E-state index in [1.165, 1.54) is 18.3 Å². The van der Waals surface area contributed by atoms with Crippen LogP contribution in [-0.2, 0) is 11.3 Å². The normalized spacial score (nSPS) is 10.4. The molecule has 7 nitrogen and oxygen atoms in total. The highest BCUT2D eigenvalue weighted by Crippen LogP contribution is 2.05. The number of H-pyrrole nitrogens is 1. The zero-order valence-corrected chi connectivity index (χ0v) is 10.4. The number of hydrogen-bond acceptors (Lipinski definition) is 4. The van der Waals surface area contributed by atoms with E-state index in [0.717, 1.165) is 0 Å². The van der Waals surface area contributed by atoms with E-state index in [0.29, 0.717) is 19.0 Å². The second-order valence-corrected chi connectivity index (χ2v) is 3.85. The molecule has 2 N–H and O–H groups in total. The predicted molar refractivity (Wildman–Crippen MR) is 69.1 cm³/mol. The van der Waals surface area contributed by atoms with E-state index < -0.39 is 0 Å². The van der Waals surface area contributed by atoms with Crippen molar-refractivity contribution in [3.63, 3.8) is 0 Å². The van der Waals surface area contributed by atoms with E-state index in [1.54, 1.807) is 24.1 Å². The van der Waals surface area contributed by atoms with Crippen LogP contribution < -0.4 is 10.9 Å². The predicted octanol–water partition coefficient (Wildman–Crippen LogP) is 0.470. The smallest absolute Gasteiger partial charge is 0.257 e. The van der Waals surface area contributed by atoms with Crippen molar-refractivity contribution in [1.82, 2.24) is 14.8 Å². The zero-order valence-electron chi connectivity index (χ0n) is 10.4. The van der Waals surface area contributed by atoms with Gasteiger partial charge < -0.3 is 15.0 Å². The highest BCUT2D eigenvalue weighted by atomic mass is 16.5. The summed E-state index contributed by atoms with van der Waals surface area (Å²) in [5.41, 5.74) is -0.0338. The van der Waals surface area contributed by atoms with Crippen LogP contribution in [0.4, 0.5) is 5.82 Å². The molecule has 0 aliphatic heterocycles. The van der Waals surface area contributed by atoms with Gasteiger partial charge in [0, 0.05) is 37.2 Å². The van der Waals surface area contributed by atoms with E-state index in [-0.39, 0.29) is 17.0 Å². The Morgan fingerprint density at radius 3 is 3.11 bits per heavy atom. The molecule has 0 saturated heterocycles. The first-order valence-electron chi connectivity index (χ1n) is 5.71. The summed E-state index contributed by atoms with van der Waals surface area (Å²) in [6.07, 6.45) is 3.17. The van der Waals surface area contributed by atoms with Crippen molar-refractivity contribution in [3.05, 3.63) is 46.5 Å². The molecule has 100 valence electrons. The number of carbonyl (C=O) groups excluding carboxylic acids is 1. The van der Waals surface area contributed by atoms with Gasteiger partial charge in [0.1, 0.15) is 0 Å². The minimum Gasteiger partial charge on any atom is -0.383 e. The first kappa shape index (κ1) is 13.0. The highest BCUT2D eigenvalue weighted by molar-refractivity contribution is 6.03. The largest absolute Gasteiger partial charge is 0.383 e. The Hall–Kier alpha value is -2.41. The molecule has 0 unspecified atom stereocenters. The van der Waals surface area contributed by atoms with Crippen LogP contribution in [0.3, 0.4) is 0 Å². The van der Waals surface area contributed by atoms with Gasteiger partial charge in [-0.25, -0.2) is 0 Å². The number of aromatic amines is 1. The number of pyridine rings is 1. The molecule has 0 radical (unpaired) electrons. The van der Waals surface area contributed by atoms with Gasteiger partial charge in [-0.05, 0) is 6.07 Å². The molecule has 1 amide bonds. The summed E-state index contributed by atoms with van der Waals surface area (Å²) in [6, 6.07) is 4.44. The minimum atomic E-state index is -0.372. The molecule has 0 fully saturated rings. The van der Waals surface area contributed by atoms with Crippen LogP contribution >= 0.6 is 0 Å². The third kappa shape index (κ3) is 3.52. The van der Waals surface area contributed by atoms with Crippen LogP contribution in [0.5, 0.6) is 0 Å². The zero-order chi connectivity index (χ0) is 13.7. The van der Waals surface area contributed by atoms with Crippen LogP contribution in [0.2, 0.25) is 0 Å². The Labute approximate surface area is 109 Å². The van der Waals surface area contributed by atoms with Crippen LogP contribution in [0.1, 0.15) is 10.4 Å². The quantitative estimate of drug-likeness (QED) is 0.819. The Morgan fingerprint density at radius 1 is 1.53 bits per heavy atom. The van der Waals surface area contributed by atoms with Crippen molar-refractivity contribution in [2.75, 3.05) is 19.0 Å². The number of anilines is 1. The van der Waals surface area contributed by atoms with E-state index in [1.807, 2.05) is 0 Å². The number of ether oxygens (including phenoxy) is 1. The van der Waals surface area contributed by atoms with E-state index in [9.17, 15) is 9.59 Å². The number of amides is 1. The Balaban J connectivity index is 2.02. The van der Waals surface area contributed by atoms with Gasteiger partial charge in [-0.15, -0.1) is 0 Å². The SMILES string of the molecule is COCCn1ccc(NC(=O)c2cc[nH]c(=O)c2)n1. The van der Waals surface area contributed by atoms with Gasteiger partial charge in [-0.1, -0.05) is 0 Å². The van der Waals surface area contributed by atoms with E-state index in [4.69, 9.17) is 4.74 Å². The van der Waals surface area contributed by atoms with Crippen molar-refractivity contribution >= 4 is 11.7 Å². The molecule has 0 spiro atoms. The molecule has 2 rings (SSSR count). The molecule has 0 aliphatic rings. The molecule has 2 heterocycles. The number of nitrogens with zero attached hydrogens (tertiary/aromatic N) is 2. The number of carbonyl (C=O) groups is 1. The maximum atomic E-state index is 11.9. The Morgan fingerprint density at radius 2 is 2.37 bits per heavy atom. The number of methoxy groups -OCH3 is 1. The van der Waals surface area contributed by atoms with Gasteiger partial charge in [0.15, 0.2) is 5.82 Å². The third-order valence-electron chi connectivity index (χ3n) is 2.44. The highest BCUT2D eigenvalue weighted by Gasteiger charge is 2.08. The molecule has 2 aromatic heterocycles. The standard InChI is InChI=1S/C12H14N4O3/c1-19-7-6-16-5-3-10(15-16)14-12(18)9-2-4-13-11(17)8-9/h2-5,8H,6-7H2,1H3,(H,13,17)(H,14,15,18). The summed E-state index contributed by atoms with van der Waals surface area (Å²) in [5, 5.41) is 6.77. The first-order valence-corrected chi connectivity index (χ1v) is 5.71. The van der Waals surface area contributed by atoms with Gasteiger partial charge in [0.25, 0.3) is 5.91 Å². The lowest BCUT2D eigenvalue weighted by molar-refractivity contribution is 0.102. The fraction of sp³-hybridized carbons (Fsp3) is 0.250. The van der Waals surface area contributed by atoms with Crippen LogP contribution in [0, 0.1) is 0 Å². The monoisotopic (exact) mass is 262 g/mol. The Kier molecular flexibility index (Phi) is 4.09. The lowest BCUT2D eigenvalue weighted by Crippen LogP contribution is -2.16. The summed E-state index contributed by atoms with van der Waals surface area (Å²) in [7, 11) is 1.61. The summed E-state index contributed by atoms with van der Waals surface area (Å²) >= 11 is 0. The van der Waals surface area contributed by atoms with Crippen LogP contribution in [-0.4, -0.2) is 34.4 Å². The van der Waals surface area contributed by atoms with Gasteiger partial charge in [-0.2, -0.15) is 5.10 Å². The molecule has 7 heteroatoms. The summed E-state index contributed by atoms with van der Waals surface area (Å²) < 4.78 is 6.60. The lowest BCUT2D eigenvalue weighted by Gasteiger charge is -2.02. The van der Waals surface area contributed by atoms with Crippen molar-refractivity contribution in [2.45, 2.75) is 6.54 Å². The summed E-state index contributed by atoms with van der Waals surface area (Å²) in [5.74, 6) is 0.0597. The Bertz CT molecular complexity index is 617. The van der Waals surface area contributed by atoms with Crippen molar-refractivity contribution < 1.29 is 9.53 Å². The van der Waals surface area contributed by atoms with Crippen LogP contribution in [0.15, 0.2) is 35.4 Å². The average molecular weight is 262 g/mol. The fourth-order valence-corrected chi connectivity index (χ4v) is 1.51. The van der Waals surface area contributed by atoms with Gasteiger partial charge in [0.2, 0.25) is 5.56 Å². The van der Waals surface area contributed by atoms with Crippen LogP contribution in [0.25, 0.3) is 0 Å². The second kappa shape index (κ2) is 5.96. The number of hydrogen-bond donors (Lipinski definition) is 2. The van der Waals surface area contributed by atoms with E-state index in [2.05, 4.69) is 15.4 Å². The molecule has 0 aliphatic carbocycles. The van der Waals surface area contributed by atoms with Crippen molar-refractivity contribution in [1.29, 1.82) is 0 Å². The van der Waals surface area contributed by atoms with E-state index >= 15 is 0 Å². The molecule has 0 saturated carbocycles. The average Bonchev–Trinajstić information content (AvgIpc) is 2.84. The van der Waals surface area contributed by atoms with Crippen molar-refractivity contribution in [2.24, 2.45) is 0 Å². The number of rotatable bonds is 5.